The SMILES string of the molecule is CNS(=O)(=O)CC(N)c1ccccc1. The van der Waals surface area contributed by atoms with E-state index in [2.05, 4.69) is 4.72 Å². The summed E-state index contributed by atoms with van der Waals surface area (Å²) < 4.78 is 24.6. The van der Waals surface area contributed by atoms with Gasteiger partial charge in [0, 0.05) is 6.04 Å². The molecule has 1 aromatic carbocycles. The van der Waals surface area contributed by atoms with Crippen LogP contribution in [-0.2, 0) is 10.0 Å². The van der Waals surface area contributed by atoms with Gasteiger partial charge in [-0.2, -0.15) is 0 Å². The highest BCUT2D eigenvalue weighted by Gasteiger charge is 2.14. The van der Waals surface area contributed by atoms with E-state index in [0.29, 0.717) is 0 Å². The van der Waals surface area contributed by atoms with Crippen molar-refractivity contribution in [3.63, 3.8) is 0 Å². The average Bonchev–Trinajstić information content (AvgIpc) is 2.19. The van der Waals surface area contributed by atoms with Crippen molar-refractivity contribution in [3.8, 4) is 0 Å². The molecule has 0 heterocycles. The van der Waals surface area contributed by atoms with E-state index in [1.807, 2.05) is 30.3 Å². The molecule has 0 aliphatic rings. The van der Waals surface area contributed by atoms with Gasteiger partial charge in [0.05, 0.1) is 5.75 Å². The number of nitrogens with two attached hydrogens (primary N) is 1. The first-order chi connectivity index (χ1) is 6.55. The van der Waals surface area contributed by atoms with Crippen LogP contribution in [0, 0.1) is 0 Å². The smallest absolute Gasteiger partial charge is 0.213 e. The van der Waals surface area contributed by atoms with Crippen molar-refractivity contribution in [2.45, 2.75) is 6.04 Å². The maximum atomic E-state index is 11.2. The molecule has 0 spiro atoms. The second kappa shape index (κ2) is 4.54. The molecule has 3 N–H and O–H groups in total. The number of nitrogens with one attached hydrogen (secondary N) is 1. The Labute approximate surface area is 84.2 Å². The summed E-state index contributed by atoms with van der Waals surface area (Å²) >= 11 is 0. The maximum Gasteiger partial charge on any atom is 0.213 e. The predicted octanol–water partition coefficient (Wildman–Crippen LogP) is 0.236. The minimum atomic E-state index is -3.24. The first kappa shape index (κ1) is 11.2. The van der Waals surface area contributed by atoms with Gasteiger partial charge < -0.3 is 5.73 Å². The van der Waals surface area contributed by atoms with E-state index in [1.54, 1.807) is 0 Å². The van der Waals surface area contributed by atoms with Crippen molar-refractivity contribution in [2.24, 2.45) is 5.73 Å². The molecule has 5 heteroatoms. The first-order valence-electron chi connectivity index (χ1n) is 4.27. The number of sulfonamides is 1. The molecule has 4 nitrogen and oxygen atoms in total. The fraction of sp³-hybridized carbons (Fsp3) is 0.333. The fourth-order valence-electron chi connectivity index (χ4n) is 1.12. The highest BCUT2D eigenvalue weighted by molar-refractivity contribution is 7.89. The van der Waals surface area contributed by atoms with Crippen LogP contribution in [0.4, 0.5) is 0 Å². The lowest BCUT2D eigenvalue weighted by molar-refractivity contribution is 0.581. The Morgan fingerprint density at radius 1 is 1.36 bits per heavy atom. The molecule has 78 valence electrons. The third kappa shape index (κ3) is 3.10. The molecule has 0 aliphatic carbocycles. The van der Waals surface area contributed by atoms with Crippen LogP contribution in [-0.4, -0.2) is 21.2 Å². The molecule has 0 aromatic heterocycles. The van der Waals surface area contributed by atoms with Crippen molar-refractivity contribution in [1.82, 2.24) is 4.72 Å². The third-order valence-electron chi connectivity index (χ3n) is 1.94. The lowest BCUT2D eigenvalue weighted by Crippen LogP contribution is -2.29. The van der Waals surface area contributed by atoms with Crippen LogP contribution in [0.5, 0.6) is 0 Å². The van der Waals surface area contributed by atoms with Crippen LogP contribution < -0.4 is 10.5 Å². The monoisotopic (exact) mass is 214 g/mol. The minimum Gasteiger partial charge on any atom is -0.323 e. The van der Waals surface area contributed by atoms with Crippen LogP contribution in [0.25, 0.3) is 0 Å². The van der Waals surface area contributed by atoms with Crippen LogP contribution in [0.1, 0.15) is 11.6 Å². The molecule has 0 radical (unpaired) electrons. The van der Waals surface area contributed by atoms with Gasteiger partial charge >= 0.3 is 0 Å². The second-order valence-electron chi connectivity index (χ2n) is 3.00. The Bertz CT molecular complexity index is 375. The zero-order valence-electron chi connectivity index (χ0n) is 7.97. The van der Waals surface area contributed by atoms with Crippen LogP contribution in [0.15, 0.2) is 30.3 Å². The van der Waals surface area contributed by atoms with E-state index >= 15 is 0 Å². The summed E-state index contributed by atoms with van der Waals surface area (Å²) in [4.78, 5) is 0. The number of rotatable bonds is 4. The summed E-state index contributed by atoms with van der Waals surface area (Å²) in [5.74, 6) is -0.0898. The fourth-order valence-corrected chi connectivity index (χ4v) is 1.95. The topological polar surface area (TPSA) is 72.2 Å². The zero-order chi connectivity index (χ0) is 10.6. The van der Waals surface area contributed by atoms with Gasteiger partial charge in [-0.1, -0.05) is 30.3 Å². The molecule has 14 heavy (non-hydrogen) atoms. The Hall–Kier alpha value is -0.910. The van der Waals surface area contributed by atoms with Gasteiger partial charge in [-0.25, -0.2) is 13.1 Å². The summed E-state index contributed by atoms with van der Waals surface area (Å²) in [6.07, 6.45) is 0. The molecule has 0 saturated heterocycles. The van der Waals surface area contributed by atoms with E-state index in [9.17, 15) is 8.42 Å². The quantitative estimate of drug-likeness (QED) is 0.754. The molecule has 0 bridgehead atoms. The zero-order valence-corrected chi connectivity index (χ0v) is 8.79. The highest BCUT2D eigenvalue weighted by atomic mass is 32.2. The van der Waals surface area contributed by atoms with Crippen molar-refractivity contribution >= 4 is 10.0 Å². The third-order valence-corrected chi connectivity index (χ3v) is 3.36. The van der Waals surface area contributed by atoms with E-state index in [4.69, 9.17) is 5.73 Å². The lowest BCUT2D eigenvalue weighted by Gasteiger charge is -2.11. The number of hydrogen-bond acceptors (Lipinski definition) is 3. The summed E-state index contributed by atoms with van der Waals surface area (Å²) in [6.45, 7) is 0. The van der Waals surface area contributed by atoms with Crippen molar-refractivity contribution in [2.75, 3.05) is 12.8 Å². The summed E-state index contributed by atoms with van der Waals surface area (Å²) in [6, 6.07) is 8.69. The van der Waals surface area contributed by atoms with Gasteiger partial charge in [0.1, 0.15) is 0 Å². The molecule has 0 aliphatic heterocycles. The molecule has 1 rings (SSSR count). The van der Waals surface area contributed by atoms with E-state index in [1.165, 1.54) is 7.05 Å². The van der Waals surface area contributed by atoms with E-state index in [0.717, 1.165) is 5.56 Å². The van der Waals surface area contributed by atoms with Crippen LogP contribution >= 0.6 is 0 Å². The largest absolute Gasteiger partial charge is 0.323 e. The van der Waals surface area contributed by atoms with Gasteiger partial charge in [-0.15, -0.1) is 0 Å². The van der Waals surface area contributed by atoms with Crippen LogP contribution in [0.2, 0.25) is 0 Å². The van der Waals surface area contributed by atoms with Crippen molar-refractivity contribution in [3.05, 3.63) is 35.9 Å². The second-order valence-corrected chi connectivity index (χ2v) is 4.97. The maximum absolute atomic E-state index is 11.2. The van der Waals surface area contributed by atoms with Gasteiger partial charge in [0.25, 0.3) is 0 Å². The minimum absolute atomic E-state index is 0.0898. The summed E-state index contributed by atoms with van der Waals surface area (Å²) in [5.41, 5.74) is 6.56. The van der Waals surface area contributed by atoms with Gasteiger partial charge in [-0.05, 0) is 12.6 Å². The molecule has 1 atom stereocenters. The average molecular weight is 214 g/mol. The van der Waals surface area contributed by atoms with E-state index < -0.39 is 16.1 Å². The molecule has 0 amide bonds. The van der Waals surface area contributed by atoms with Crippen LogP contribution in [0.3, 0.4) is 0 Å². The standard InChI is InChI=1S/C9H14N2O2S/c1-11-14(12,13)7-9(10)8-5-3-2-4-6-8/h2-6,9,11H,7,10H2,1H3. The van der Waals surface area contributed by atoms with Crippen molar-refractivity contribution < 1.29 is 8.42 Å². The van der Waals surface area contributed by atoms with Gasteiger partial charge in [0.15, 0.2) is 0 Å². The van der Waals surface area contributed by atoms with Gasteiger partial charge in [-0.3, -0.25) is 0 Å². The number of benzene rings is 1. The first-order valence-corrected chi connectivity index (χ1v) is 5.92. The van der Waals surface area contributed by atoms with Gasteiger partial charge in [0.2, 0.25) is 10.0 Å². The predicted molar refractivity (Wildman–Crippen MR) is 56.2 cm³/mol. The Morgan fingerprint density at radius 2 is 1.93 bits per heavy atom. The highest BCUT2D eigenvalue weighted by Crippen LogP contribution is 2.10. The molecule has 1 aromatic rings. The Balaban J connectivity index is 2.74. The lowest BCUT2D eigenvalue weighted by atomic mass is 10.1. The molecular weight excluding hydrogens is 200 g/mol. The Kier molecular flexibility index (Phi) is 3.62. The molecular formula is C9H14N2O2S. The molecule has 1 unspecified atom stereocenters. The summed E-state index contributed by atoms with van der Waals surface area (Å²) in [5, 5.41) is 0. The summed E-state index contributed by atoms with van der Waals surface area (Å²) in [7, 11) is -1.86. The molecule has 0 fully saturated rings. The number of hydrogen-bond donors (Lipinski definition) is 2. The molecule has 0 saturated carbocycles. The van der Waals surface area contributed by atoms with Crippen molar-refractivity contribution in [1.29, 1.82) is 0 Å². The normalized spacial score (nSPS) is 13.9. The van der Waals surface area contributed by atoms with E-state index in [-0.39, 0.29) is 5.75 Å². The Morgan fingerprint density at radius 3 is 2.43 bits per heavy atom.